The molecular weight excluding hydrogens is 733 g/mol. The molecule has 12 aromatic rings. The lowest BCUT2D eigenvalue weighted by molar-refractivity contribution is 1.18. The zero-order valence-corrected chi connectivity index (χ0v) is 32.9. The number of anilines is 3. The maximum atomic E-state index is 2.42. The highest BCUT2D eigenvalue weighted by Gasteiger charge is 2.19. The largest absolute Gasteiger partial charge is 0.309 e. The monoisotopic (exact) mass is 768 g/mol. The summed E-state index contributed by atoms with van der Waals surface area (Å²) in [6.45, 7) is 0. The Morgan fingerprint density at radius 1 is 0.356 bits per heavy atom. The first-order valence-corrected chi connectivity index (χ1v) is 21.0. The van der Waals surface area contributed by atoms with Gasteiger partial charge in [-0.2, -0.15) is 0 Å². The molecule has 0 aliphatic heterocycles. The molecular formula is C56H36N2S. The van der Waals surface area contributed by atoms with Crippen LogP contribution in [0.3, 0.4) is 0 Å². The van der Waals surface area contributed by atoms with Crippen molar-refractivity contribution in [3.63, 3.8) is 0 Å². The van der Waals surface area contributed by atoms with Crippen molar-refractivity contribution in [1.82, 2.24) is 4.57 Å². The van der Waals surface area contributed by atoms with Crippen LogP contribution in [0, 0.1) is 0 Å². The average Bonchev–Trinajstić information content (AvgIpc) is 3.85. The van der Waals surface area contributed by atoms with Crippen LogP contribution in [-0.2, 0) is 0 Å². The van der Waals surface area contributed by atoms with E-state index < -0.39 is 0 Å². The van der Waals surface area contributed by atoms with Crippen molar-refractivity contribution in [2.45, 2.75) is 0 Å². The summed E-state index contributed by atoms with van der Waals surface area (Å²) >= 11 is 1.87. The number of thiophene rings is 1. The van der Waals surface area contributed by atoms with E-state index in [0.717, 1.165) is 17.1 Å². The van der Waals surface area contributed by atoms with E-state index in [0.29, 0.717) is 0 Å². The number of hydrogen-bond donors (Lipinski definition) is 0. The van der Waals surface area contributed by atoms with Gasteiger partial charge in [0.1, 0.15) is 0 Å². The van der Waals surface area contributed by atoms with E-state index in [1.54, 1.807) is 0 Å². The Labute approximate surface area is 346 Å². The molecule has 0 amide bonds. The maximum absolute atomic E-state index is 2.42. The molecule has 59 heavy (non-hydrogen) atoms. The SMILES string of the molecule is c1ccc2cc3c(cc2c1)c1ccccc1n3-c1ccc(-c2ccc(N(c3ccc(-c4cccc5ccccc45)cc3)c3cccc4c3sc3ccccc34)cc2)cc1. The number of para-hydroxylation sites is 1. The number of nitrogens with zero attached hydrogens (tertiary/aromatic N) is 2. The second kappa shape index (κ2) is 13.6. The first-order valence-electron chi connectivity index (χ1n) is 20.2. The molecule has 10 aromatic carbocycles. The zero-order chi connectivity index (χ0) is 38.9. The summed E-state index contributed by atoms with van der Waals surface area (Å²) < 4.78 is 4.99. The van der Waals surface area contributed by atoms with Crippen LogP contribution in [-0.4, -0.2) is 4.57 Å². The van der Waals surface area contributed by atoms with Crippen molar-refractivity contribution in [3.05, 3.63) is 218 Å². The molecule has 0 atom stereocenters. The van der Waals surface area contributed by atoms with Gasteiger partial charge in [0, 0.05) is 43.3 Å². The molecule has 0 radical (unpaired) electrons. The first kappa shape index (κ1) is 33.7. The molecule has 0 spiro atoms. The van der Waals surface area contributed by atoms with Crippen LogP contribution in [0.25, 0.3) is 91.5 Å². The Morgan fingerprint density at radius 3 is 1.68 bits per heavy atom. The van der Waals surface area contributed by atoms with Crippen molar-refractivity contribution in [2.24, 2.45) is 0 Å². The van der Waals surface area contributed by atoms with Crippen LogP contribution >= 0.6 is 11.3 Å². The molecule has 0 saturated carbocycles. The fourth-order valence-corrected chi connectivity index (χ4v) is 10.3. The van der Waals surface area contributed by atoms with Crippen LogP contribution in [0.4, 0.5) is 17.1 Å². The standard InChI is InChI=1S/C56H36N2S/c1-2-13-42-36-54-51(35-41(42)12-1)48-16-5-7-20-52(48)58(54)45-31-25-38(26-32-45)37-23-29-43(30-24-37)57(53-21-10-19-50-49-17-6-8-22-55(49)59-56(50)53)44-33-27-40(28-34-44)47-18-9-14-39-11-3-4-15-46(39)47/h1-36H. The second-order valence-electron chi connectivity index (χ2n) is 15.3. The molecule has 0 unspecified atom stereocenters. The van der Waals surface area contributed by atoms with Crippen molar-refractivity contribution in [1.29, 1.82) is 0 Å². The molecule has 3 heteroatoms. The number of rotatable bonds is 6. The highest BCUT2D eigenvalue weighted by molar-refractivity contribution is 7.26. The third kappa shape index (κ3) is 5.55. The van der Waals surface area contributed by atoms with Gasteiger partial charge in [-0.05, 0) is 111 Å². The van der Waals surface area contributed by atoms with Gasteiger partial charge in [-0.25, -0.2) is 0 Å². The Hall–Kier alpha value is -7.46. The highest BCUT2D eigenvalue weighted by Crippen LogP contribution is 2.45. The van der Waals surface area contributed by atoms with Gasteiger partial charge < -0.3 is 9.47 Å². The smallest absolute Gasteiger partial charge is 0.0640 e. The molecule has 2 heterocycles. The Morgan fingerprint density at radius 2 is 0.915 bits per heavy atom. The van der Waals surface area contributed by atoms with Gasteiger partial charge in [0.05, 0.1) is 21.4 Å². The number of fused-ring (bicyclic) bond motifs is 8. The third-order valence-corrected chi connectivity index (χ3v) is 13.2. The number of aromatic nitrogens is 1. The van der Waals surface area contributed by atoms with E-state index in [1.165, 1.54) is 91.5 Å². The predicted octanol–water partition coefficient (Wildman–Crippen LogP) is 16.3. The van der Waals surface area contributed by atoms with Gasteiger partial charge in [-0.1, -0.05) is 152 Å². The van der Waals surface area contributed by atoms with Gasteiger partial charge in [0.25, 0.3) is 0 Å². The van der Waals surface area contributed by atoms with Gasteiger partial charge in [0.2, 0.25) is 0 Å². The van der Waals surface area contributed by atoms with Crippen molar-refractivity contribution < 1.29 is 0 Å². The van der Waals surface area contributed by atoms with Crippen LogP contribution in [0.15, 0.2) is 218 Å². The number of hydrogen-bond acceptors (Lipinski definition) is 2. The molecule has 12 rings (SSSR count). The lowest BCUT2D eigenvalue weighted by atomic mass is 9.98. The van der Waals surface area contributed by atoms with E-state index in [2.05, 4.69) is 228 Å². The quantitative estimate of drug-likeness (QED) is 0.164. The molecule has 2 nitrogen and oxygen atoms in total. The summed E-state index contributed by atoms with van der Waals surface area (Å²) in [7, 11) is 0. The molecule has 0 bridgehead atoms. The molecule has 276 valence electrons. The van der Waals surface area contributed by atoms with Crippen LogP contribution in [0.1, 0.15) is 0 Å². The molecule has 0 saturated heterocycles. The Balaban J connectivity index is 0.940. The minimum absolute atomic E-state index is 1.12. The van der Waals surface area contributed by atoms with E-state index in [4.69, 9.17) is 0 Å². The number of benzene rings is 10. The normalized spacial score (nSPS) is 11.7. The lowest BCUT2D eigenvalue weighted by Crippen LogP contribution is -2.10. The maximum Gasteiger partial charge on any atom is 0.0640 e. The summed E-state index contributed by atoms with van der Waals surface area (Å²) in [6.07, 6.45) is 0. The molecule has 2 aromatic heterocycles. The fraction of sp³-hybridized carbons (Fsp3) is 0. The van der Waals surface area contributed by atoms with Crippen molar-refractivity contribution >= 4 is 91.9 Å². The van der Waals surface area contributed by atoms with Gasteiger partial charge in [-0.3, -0.25) is 0 Å². The van der Waals surface area contributed by atoms with Gasteiger partial charge in [0.15, 0.2) is 0 Å². The van der Waals surface area contributed by atoms with E-state index in [9.17, 15) is 0 Å². The lowest BCUT2D eigenvalue weighted by Gasteiger charge is -2.26. The minimum Gasteiger partial charge on any atom is -0.309 e. The van der Waals surface area contributed by atoms with E-state index in [1.807, 2.05) is 11.3 Å². The average molecular weight is 769 g/mol. The summed E-state index contributed by atoms with van der Waals surface area (Å²) in [5.41, 5.74) is 11.8. The second-order valence-corrected chi connectivity index (χ2v) is 16.4. The van der Waals surface area contributed by atoms with Gasteiger partial charge in [-0.15, -0.1) is 11.3 Å². The third-order valence-electron chi connectivity index (χ3n) is 12.0. The van der Waals surface area contributed by atoms with Crippen LogP contribution in [0.2, 0.25) is 0 Å². The Kier molecular flexibility index (Phi) is 7.75. The molecule has 0 N–H and O–H groups in total. The zero-order valence-electron chi connectivity index (χ0n) is 32.1. The molecule has 0 fully saturated rings. The Bertz CT molecular complexity index is 3530. The molecule has 0 aliphatic carbocycles. The molecule has 0 aliphatic rings. The summed E-state index contributed by atoms with van der Waals surface area (Å²) in [5, 5.41) is 10.2. The predicted molar refractivity (Wildman–Crippen MR) is 254 cm³/mol. The highest BCUT2D eigenvalue weighted by atomic mass is 32.1. The minimum atomic E-state index is 1.12. The van der Waals surface area contributed by atoms with Crippen LogP contribution in [0.5, 0.6) is 0 Å². The topological polar surface area (TPSA) is 8.17 Å². The summed E-state index contributed by atoms with van der Waals surface area (Å²) in [5.74, 6) is 0. The van der Waals surface area contributed by atoms with Gasteiger partial charge >= 0.3 is 0 Å². The fourth-order valence-electron chi connectivity index (χ4n) is 9.14. The van der Waals surface area contributed by atoms with E-state index in [-0.39, 0.29) is 0 Å². The van der Waals surface area contributed by atoms with E-state index >= 15 is 0 Å². The summed E-state index contributed by atoms with van der Waals surface area (Å²) in [6, 6.07) is 79.9. The van der Waals surface area contributed by atoms with Crippen molar-refractivity contribution in [2.75, 3.05) is 4.90 Å². The van der Waals surface area contributed by atoms with Crippen molar-refractivity contribution in [3.8, 4) is 27.9 Å². The van der Waals surface area contributed by atoms with Crippen LogP contribution < -0.4 is 4.90 Å². The first-order chi connectivity index (χ1) is 29.2. The summed E-state index contributed by atoms with van der Waals surface area (Å²) in [4.78, 5) is 2.42.